The maximum absolute atomic E-state index is 12.3. The van der Waals surface area contributed by atoms with Gasteiger partial charge in [-0.3, -0.25) is 4.79 Å². The van der Waals surface area contributed by atoms with Crippen molar-refractivity contribution in [3.8, 4) is 11.5 Å². The van der Waals surface area contributed by atoms with Gasteiger partial charge in [0.05, 0.1) is 5.57 Å². The summed E-state index contributed by atoms with van der Waals surface area (Å²) >= 11 is 5.86. The molecule has 2 aromatic rings. The molecule has 5 heteroatoms. The van der Waals surface area contributed by atoms with Gasteiger partial charge in [-0.05, 0) is 55.3 Å². The van der Waals surface area contributed by atoms with Gasteiger partial charge in [0.1, 0.15) is 11.5 Å². The second kappa shape index (κ2) is 9.68. The van der Waals surface area contributed by atoms with E-state index in [1.165, 1.54) is 0 Å². The first kappa shape index (κ1) is 19.6. The lowest BCUT2D eigenvalue weighted by atomic mass is 10.1. The van der Waals surface area contributed by atoms with Crippen molar-refractivity contribution in [1.82, 2.24) is 5.32 Å². The molecular formula is C21H23ClN2O2. The summed E-state index contributed by atoms with van der Waals surface area (Å²) in [7, 11) is 0. The molecule has 0 aliphatic rings. The zero-order chi connectivity index (χ0) is 18.9. The lowest BCUT2D eigenvalue weighted by Gasteiger charge is -2.09. The Morgan fingerprint density at radius 1 is 1.12 bits per heavy atom. The van der Waals surface area contributed by atoms with Crippen LogP contribution in [0, 0.1) is 0 Å². The molecule has 136 valence electrons. The molecule has 0 atom stereocenters. The summed E-state index contributed by atoms with van der Waals surface area (Å²) in [5.74, 6) is 1.24. The molecule has 2 aromatic carbocycles. The van der Waals surface area contributed by atoms with E-state index in [4.69, 9.17) is 22.1 Å². The van der Waals surface area contributed by atoms with E-state index in [1.54, 1.807) is 25.1 Å². The van der Waals surface area contributed by atoms with Crippen molar-refractivity contribution in [2.45, 2.75) is 26.8 Å². The van der Waals surface area contributed by atoms with Crippen LogP contribution in [0.2, 0.25) is 5.02 Å². The lowest BCUT2D eigenvalue weighted by molar-refractivity contribution is -0.117. The fourth-order valence-corrected chi connectivity index (χ4v) is 2.34. The van der Waals surface area contributed by atoms with Crippen LogP contribution in [-0.2, 0) is 11.3 Å². The van der Waals surface area contributed by atoms with Crippen LogP contribution in [0.3, 0.4) is 0 Å². The minimum Gasteiger partial charge on any atom is -0.457 e. The summed E-state index contributed by atoms with van der Waals surface area (Å²) in [6.07, 6.45) is 4.51. The van der Waals surface area contributed by atoms with Crippen LogP contribution in [0.1, 0.15) is 25.8 Å². The summed E-state index contributed by atoms with van der Waals surface area (Å²) in [6.45, 7) is 4.14. The van der Waals surface area contributed by atoms with Crippen molar-refractivity contribution >= 4 is 17.5 Å². The van der Waals surface area contributed by atoms with Gasteiger partial charge in [0.25, 0.3) is 5.91 Å². The third-order valence-electron chi connectivity index (χ3n) is 3.62. The molecular weight excluding hydrogens is 348 g/mol. The molecule has 0 fully saturated rings. The van der Waals surface area contributed by atoms with E-state index in [2.05, 4.69) is 5.32 Å². The number of nitrogens with two attached hydrogens (primary N) is 1. The Balaban J connectivity index is 1.94. The molecule has 0 bridgehead atoms. The van der Waals surface area contributed by atoms with Gasteiger partial charge in [-0.15, -0.1) is 0 Å². The third kappa shape index (κ3) is 5.97. The van der Waals surface area contributed by atoms with E-state index >= 15 is 0 Å². The molecule has 0 saturated carbocycles. The highest BCUT2D eigenvalue weighted by Gasteiger charge is 2.08. The first-order valence-electron chi connectivity index (χ1n) is 8.43. The highest BCUT2D eigenvalue weighted by molar-refractivity contribution is 6.30. The van der Waals surface area contributed by atoms with Crippen molar-refractivity contribution in [2.75, 3.05) is 0 Å². The molecule has 0 heterocycles. The van der Waals surface area contributed by atoms with Gasteiger partial charge in [-0.1, -0.05) is 42.8 Å². The van der Waals surface area contributed by atoms with Gasteiger partial charge >= 0.3 is 0 Å². The highest BCUT2D eigenvalue weighted by atomic mass is 35.5. The van der Waals surface area contributed by atoms with Crippen LogP contribution in [0.4, 0.5) is 0 Å². The molecule has 0 aliphatic heterocycles. The average Bonchev–Trinajstić information content (AvgIpc) is 2.63. The molecule has 1 amide bonds. The minimum atomic E-state index is -0.184. The Morgan fingerprint density at radius 3 is 2.23 bits per heavy atom. The van der Waals surface area contributed by atoms with Gasteiger partial charge < -0.3 is 15.8 Å². The number of benzene rings is 2. The fraction of sp³-hybridized carbons (Fsp3) is 0.190. The normalized spacial score (nSPS) is 12.0. The Labute approximate surface area is 159 Å². The van der Waals surface area contributed by atoms with Crippen LogP contribution < -0.4 is 15.8 Å². The summed E-state index contributed by atoms with van der Waals surface area (Å²) in [4.78, 5) is 12.3. The number of hydrogen-bond donors (Lipinski definition) is 2. The van der Waals surface area contributed by atoms with E-state index < -0.39 is 0 Å². The monoisotopic (exact) mass is 370 g/mol. The second-order valence-electron chi connectivity index (χ2n) is 5.79. The van der Waals surface area contributed by atoms with Crippen LogP contribution >= 0.6 is 11.6 Å². The van der Waals surface area contributed by atoms with E-state index in [0.717, 1.165) is 12.0 Å². The molecule has 0 unspecified atom stereocenters. The molecule has 0 saturated heterocycles. The molecule has 2 rings (SSSR count). The molecule has 0 radical (unpaired) electrons. The first-order valence-corrected chi connectivity index (χ1v) is 8.81. The maximum Gasteiger partial charge on any atom is 0.253 e. The van der Waals surface area contributed by atoms with Crippen LogP contribution in [0.15, 0.2) is 72.0 Å². The van der Waals surface area contributed by atoms with Crippen molar-refractivity contribution in [1.29, 1.82) is 0 Å². The largest absolute Gasteiger partial charge is 0.457 e. The number of ether oxygens (including phenoxy) is 1. The Hall–Kier alpha value is -2.72. The quantitative estimate of drug-likeness (QED) is 0.535. The maximum atomic E-state index is 12.3. The van der Waals surface area contributed by atoms with Crippen LogP contribution in [0.5, 0.6) is 11.5 Å². The summed E-state index contributed by atoms with van der Waals surface area (Å²) in [5, 5.41) is 3.55. The fourth-order valence-electron chi connectivity index (χ4n) is 2.21. The van der Waals surface area contributed by atoms with E-state index in [1.807, 2.05) is 49.4 Å². The van der Waals surface area contributed by atoms with Gasteiger partial charge in [0, 0.05) is 17.3 Å². The Kier molecular flexibility index (Phi) is 7.30. The zero-order valence-corrected chi connectivity index (χ0v) is 15.7. The number of halogens is 1. The van der Waals surface area contributed by atoms with E-state index in [9.17, 15) is 4.79 Å². The topological polar surface area (TPSA) is 64.3 Å². The van der Waals surface area contributed by atoms with E-state index in [0.29, 0.717) is 34.3 Å². The number of amides is 1. The van der Waals surface area contributed by atoms with Gasteiger partial charge in [-0.2, -0.15) is 0 Å². The van der Waals surface area contributed by atoms with Crippen molar-refractivity contribution in [3.63, 3.8) is 0 Å². The number of nitrogens with one attached hydrogen (secondary N) is 1. The third-order valence-corrected chi connectivity index (χ3v) is 3.87. The molecule has 0 aliphatic carbocycles. The molecule has 3 N–H and O–H groups in total. The van der Waals surface area contributed by atoms with Crippen molar-refractivity contribution in [2.24, 2.45) is 5.73 Å². The minimum absolute atomic E-state index is 0.184. The second-order valence-corrected chi connectivity index (χ2v) is 6.23. The predicted octanol–water partition coefficient (Wildman–Crippen LogP) is 4.95. The molecule has 4 nitrogen and oxygen atoms in total. The van der Waals surface area contributed by atoms with Gasteiger partial charge in [-0.25, -0.2) is 0 Å². The lowest BCUT2D eigenvalue weighted by Crippen LogP contribution is -2.25. The molecule has 0 aromatic heterocycles. The van der Waals surface area contributed by atoms with Gasteiger partial charge in [0.2, 0.25) is 0 Å². The number of carbonyl (C=O) groups is 1. The zero-order valence-electron chi connectivity index (χ0n) is 15.0. The number of carbonyl (C=O) groups excluding carboxylic acids is 1. The predicted molar refractivity (Wildman–Crippen MR) is 106 cm³/mol. The SMILES string of the molecule is CC/C=C\C(C(=O)NCc1ccc(Oc2ccc(Cl)cc2)cc1)=C(/C)N. The Morgan fingerprint density at radius 2 is 1.69 bits per heavy atom. The Bertz CT molecular complexity index is 790. The van der Waals surface area contributed by atoms with Gasteiger partial charge in [0.15, 0.2) is 0 Å². The molecule has 0 spiro atoms. The van der Waals surface area contributed by atoms with E-state index in [-0.39, 0.29) is 5.91 Å². The first-order chi connectivity index (χ1) is 12.5. The van der Waals surface area contributed by atoms with Crippen molar-refractivity contribution < 1.29 is 9.53 Å². The summed E-state index contributed by atoms with van der Waals surface area (Å²) in [5.41, 5.74) is 7.75. The highest BCUT2D eigenvalue weighted by Crippen LogP contribution is 2.23. The standard InChI is InChI=1S/C21H23ClN2O2/c1-3-4-5-20(15(2)23)21(25)24-14-16-6-10-18(11-7-16)26-19-12-8-17(22)9-13-19/h4-13H,3,14,23H2,1-2H3,(H,24,25)/b5-4-,20-15-. The van der Waals surface area contributed by atoms with Crippen LogP contribution in [-0.4, -0.2) is 5.91 Å². The summed E-state index contributed by atoms with van der Waals surface area (Å²) in [6, 6.07) is 14.7. The number of hydrogen-bond acceptors (Lipinski definition) is 3. The van der Waals surface area contributed by atoms with Crippen molar-refractivity contribution in [3.05, 3.63) is 82.5 Å². The number of rotatable bonds is 7. The van der Waals surface area contributed by atoms with Crippen LogP contribution in [0.25, 0.3) is 0 Å². The molecule has 26 heavy (non-hydrogen) atoms. The number of allylic oxidation sites excluding steroid dienone is 2. The summed E-state index contributed by atoms with van der Waals surface area (Å²) < 4.78 is 5.75. The average molecular weight is 371 g/mol. The smallest absolute Gasteiger partial charge is 0.253 e.